The molecule has 0 bridgehead atoms. The van der Waals surface area contributed by atoms with Gasteiger partial charge in [-0.15, -0.1) is 0 Å². The van der Waals surface area contributed by atoms with E-state index in [1.54, 1.807) is 39.4 Å². The fraction of sp³-hybridized carbons (Fsp3) is 0.300. The van der Waals surface area contributed by atoms with Crippen LogP contribution in [0.1, 0.15) is 0 Å². The summed E-state index contributed by atoms with van der Waals surface area (Å²) in [6.07, 6.45) is 0. The number of methoxy groups -OCH3 is 1. The summed E-state index contributed by atoms with van der Waals surface area (Å²) in [5, 5.41) is 3.00. The van der Waals surface area contributed by atoms with Crippen LogP contribution in [-0.2, 0) is 0 Å². The fourth-order valence-electron chi connectivity index (χ4n) is 1.15. The highest BCUT2D eigenvalue weighted by molar-refractivity contribution is 6.32. The monoisotopic (exact) mass is 228 g/mol. The van der Waals surface area contributed by atoms with E-state index in [4.69, 9.17) is 16.3 Å². The first-order valence-corrected chi connectivity index (χ1v) is 4.77. The molecule has 0 spiro atoms. The highest BCUT2D eigenvalue weighted by Gasteiger charge is 2.10. The number of rotatable bonds is 2. The van der Waals surface area contributed by atoms with E-state index >= 15 is 0 Å². The van der Waals surface area contributed by atoms with Gasteiger partial charge in [-0.2, -0.15) is 0 Å². The van der Waals surface area contributed by atoms with Gasteiger partial charge in [-0.3, -0.25) is 4.90 Å². The molecule has 5 heteroatoms. The van der Waals surface area contributed by atoms with Crippen molar-refractivity contribution in [3.05, 3.63) is 23.2 Å². The molecule has 0 aliphatic rings. The third kappa shape index (κ3) is 2.53. The fourth-order valence-corrected chi connectivity index (χ4v) is 1.40. The van der Waals surface area contributed by atoms with E-state index < -0.39 is 0 Å². The Morgan fingerprint density at radius 2 is 2.20 bits per heavy atom. The number of carbonyl (C=O) groups excluding carboxylic acids is 1. The normalized spacial score (nSPS) is 9.60. The minimum atomic E-state index is -0.198. The number of nitrogens with one attached hydrogen (secondary N) is 1. The zero-order valence-electron chi connectivity index (χ0n) is 8.87. The van der Waals surface area contributed by atoms with Gasteiger partial charge in [0, 0.05) is 19.8 Å². The minimum Gasteiger partial charge on any atom is -0.495 e. The lowest BCUT2D eigenvalue weighted by Gasteiger charge is -2.17. The van der Waals surface area contributed by atoms with Gasteiger partial charge in [0.2, 0.25) is 0 Å². The lowest BCUT2D eigenvalue weighted by atomic mass is 10.3. The number of nitrogens with zero attached hydrogens (tertiary/aromatic N) is 1. The number of amides is 2. The summed E-state index contributed by atoms with van der Waals surface area (Å²) >= 11 is 5.94. The van der Waals surface area contributed by atoms with Crippen molar-refractivity contribution in [1.29, 1.82) is 0 Å². The molecule has 82 valence electrons. The molecule has 1 N–H and O–H groups in total. The molecule has 0 aliphatic heterocycles. The molecule has 0 heterocycles. The summed E-state index contributed by atoms with van der Waals surface area (Å²) in [5.74, 6) is 0.589. The highest BCUT2D eigenvalue weighted by Crippen LogP contribution is 2.28. The van der Waals surface area contributed by atoms with E-state index in [1.807, 2.05) is 0 Å². The summed E-state index contributed by atoms with van der Waals surface area (Å²) in [7, 11) is 4.78. The standard InChI is InChI=1S/C10H13ClN2O2/c1-12-10(14)13(2)7-4-5-9(15-3)8(11)6-7/h4-6H,1-3H3,(H,12,14). The molecule has 0 fully saturated rings. The van der Waals surface area contributed by atoms with Gasteiger partial charge in [0.25, 0.3) is 0 Å². The number of carbonyl (C=O) groups is 1. The van der Waals surface area contributed by atoms with E-state index in [-0.39, 0.29) is 6.03 Å². The second-order valence-corrected chi connectivity index (χ2v) is 3.34. The van der Waals surface area contributed by atoms with Crippen molar-refractivity contribution in [2.45, 2.75) is 0 Å². The summed E-state index contributed by atoms with van der Waals surface area (Å²) in [6, 6.07) is 4.96. The van der Waals surface area contributed by atoms with E-state index in [1.165, 1.54) is 4.90 Å². The lowest BCUT2D eigenvalue weighted by molar-refractivity contribution is 0.249. The van der Waals surface area contributed by atoms with Crippen LogP contribution in [0, 0.1) is 0 Å². The Labute approximate surface area is 93.8 Å². The second kappa shape index (κ2) is 4.89. The van der Waals surface area contributed by atoms with Crippen LogP contribution in [0.25, 0.3) is 0 Å². The molecule has 15 heavy (non-hydrogen) atoms. The predicted octanol–water partition coefficient (Wildman–Crippen LogP) is 2.12. The Hall–Kier alpha value is -1.42. The van der Waals surface area contributed by atoms with Crippen LogP contribution in [0.4, 0.5) is 10.5 Å². The SMILES string of the molecule is CNC(=O)N(C)c1ccc(OC)c(Cl)c1. The van der Waals surface area contributed by atoms with E-state index in [9.17, 15) is 4.79 Å². The largest absolute Gasteiger partial charge is 0.495 e. The molecule has 4 nitrogen and oxygen atoms in total. The first-order valence-electron chi connectivity index (χ1n) is 4.39. The van der Waals surface area contributed by atoms with Crippen molar-refractivity contribution in [3.63, 3.8) is 0 Å². The molecular weight excluding hydrogens is 216 g/mol. The van der Waals surface area contributed by atoms with Gasteiger partial charge >= 0.3 is 6.03 Å². The van der Waals surface area contributed by atoms with Crippen LogP contribution in [0.15, 0.2) is 18.2 Å². The van der Waals surface area contributed by atoms with Crippen molar-refractivity contribution >= 4 is 23.3 Å². The third-order valence-electron chi connectivity index (χ3n) is 2.04. The maximum atomic E-state index is 11.3. The number of halogens is 1. The number of benzene rings is 1. The molecule has 0 unspecified atom stereocenters. The molecule has 0 saturated heterocycles. The molecule has 0 saturated carbocycles. The first kappa shape index (κ1) is 11.7. The number of hydrogen-bond donors (Lipinski definition) is 1. The average Bonchev–Trinajstić information content (AvgIpc) is 2.26. The Kier molecular flexibility index (Phi) is 3.80. The summed E-state index contributed by atoms with van der Waals surface area (Å²) in [5.41, 5.74) is 0.708. The Morgan fingerprint density at radius 1 is 1.53 bits per heavy atom. The molecule has 0 radical (unpaired) electrons. The molecule has 0 aliphatic carbocycles. The van der Waals surface area contributed by atoms with Crippen molar-refractivity contribution < 1.29 is 9.53 Å². The van der Waals surface area contributed by atoms with Crippen molar-refractivity contribution in [2.75, 3.05) is 26.1 Å². The second-order valence-electron chi connectivity index (χ2n) is 2.93. The number of ether oxygens (including phenoxy) is 1. The Balaban J connectivity index is 2.97. The summed E-state index contributed by atoms with van der Waals surface area (Å²) < 4.78 is 5.02. The average molecular weight is 229 g/mol. The topological polar surface area (TPSA) is 41.6 Å². The van der Waals surface area contributed by atoms with Crippen molar-refractivity contribution in [2.24, 2.45) is 0 Å². The maximum Gasteiger partial charge on any atom is 0.321 e. The van der Waals surface area contributed by atoms with Crippen LogP contribution in [0.5, 0.6) is 5.75 Å². The van der Waals surface area contributed by atoms with Crippen LogP contribution >= 0.6 is 11.6 Å². The van der Waals surface area contributed by atoms with Crippen LogP contribution in [-0.4, -0.2) is 27.2 Å². The van der Waals surface area contributed by atoms with Crippen molar-refractivity contribution in [3.8, 4) is 5.75 Å². The molecule has 1 aromatic carbocycles. The quantitative estimate of drug-likeness (QED) is 0.843. The van der Waals surface area contributed by atoms with Gasteiger partial charge in [0.1, 0.15) is 5.75 Å². The molecule has 1 rings (SSSR count). The zero-order chi connectivity index (χ0) is 11.4. The summed E-state index contributed by atoms with van der Waals surface area (Å²) in [4.78, 5) is 12.8. The van der Waals surface area contributed by atoms with Crippen LogP contribution in [0.3, 0.4) is 0 Å². The van der Waals surface area contributed by atoms with Crippen LogP contribution < -0.4 is 15.0 Å². The number of anilines is 1. The van der Waals surface area contributed by atoms with E-state index in [2.05, 4.69) is 5.32 Å². The zero-order valence-corrected chi connectivity index (χ0v) is 9.63. The van der Waals surface area contributed by atoms with Gasteiger partial charge in [-0.25, -0.2) is 4.79 Å². The van der Waals surface area contributed by atoms with E-state index in [0.717, 1.165) is 0 Å². The van der Waals surface area contributed by atoms with E-state index in [0.29, 0.717) is 16.5 Å². The molecule has 0 atom stereocenters. The minimum absolute atomic E-state index is 0.198. The smallest absolute Gasteiger partial charge is 0.321 e. The number of hydrogen-bond acceptors (Lipinski definition) is 2. The molecular formula is C10H13ClN2O2. The van der Waals surface area contributed by atoms with Crippen LogP contribution in [0.2, 0.25) is 5.02 Å². The van der Waals surface area contributed by atoms with Gasteiger partial charge in [-0.05, 0) is 18.2 Å². The van der Waals surface area contributed by atoms with Crippen molar-refractivity contribution in [1.82, 2.24) is 5.32 Å². The van der Waals surface area contributed by atoms with Gasteiger partial charge in [0.05, 0.1) is 12.1 Å². The molecule has 2 amide bonds. The first-order chi connectivity index (χ1) is 7.10. The Bertz CT molecular complexity index is 368. The number of urea groups is 1. The van der Waals surface area contributed by atoms with Gasteiger partial charge < -0.3 is 10.1 Å². The van der Waals surface area contributed by atoms with Gasteiger partial charge in [0.15, 0.2) is 0 Å². The molecule has 0 aromatic heterocycles. The lowest BCUT2D eigenvalue weighted by Crippen LogP contribution is -2.34. The molecule has 1 aromatic rings. The third-order valence-corrected chi connectivity index (χ3v) is 2.34. The summed E-state index contributed by atoms with van der Waals surface area (Å²) in [6.45, 7) is 0. The predicted molar refractivity (Wildman–Crippen MR) is 60.9 cm³/mol. The van der Waals surface area contributed by atoms with Gasteiger partial charge in [-0.1, -0.05) is 11.6 Å². The highest BCUT2D eigenvalue weighted by atomic mass is 35.5. The maximum absolute atomic E-state index is 11.3. The Morgan fingerprint density at radius 3 is 2.67 bits per heavy atom.